The van der Waals surface area contributed by atoms with Crippen LogP contribution in [0.1, 0.15) is 12.7 Å². The standard InChI is InChI=1S/C13H20N2O5/c1-13(18,8-10-4-3-6-20-10)9-15-12(17)11(16)14-5-7-19-2/h3-4,6,18H,5,7-9H2,1-2H3,(H,14,16)(H,15,17)/t13-/m0/s1. The highest BCUT2D eigenvalue weighted by atomic mass is 16.5. The average Bonchev–Trinajstić information content (AvgIpc) is 2.88. The molecule has 1 heterocycles. The van der Waals surface area contributed by atoms with E-state index in [1.807, 2.05) is 0 Å². The first kappa shape index (κ1) is 16.2. The Morgan fingerprint density at radius 3 is 2.70 bits per heavy atom. The van der Waals surface area contributed by atoms with Crippen molar-refractivity contribution in [2.24, 2.45) is 0 Å². The summed E-state index contributed by atoms with van der Waals surface area (Å²) >= 11 is 0. The summed E-state index contributed by atoms with van der Waals surface area (Å²) in [6.07, 6.45) is 1.75. The monoisotopic (exact) mass is 284 g/mol. The molecule has 1 aromatic rings. The Balaban J connectivity index is 2.33. The van der Waals surface area contributed by atoms with Crippen LogP contribution in [0, 0.1) is 0 Å². The van der Waals surface area contributed by atoms with Crippen molar-refractivity contribution in [3.8, 4) is 0 Å². The first-order valence-electron chi connectivity index (χ1n) is 6.24. The van der Waals surface area contributed by atoms with Crippen LogP contribution in [0.3, 0.4) is 0 Å². The summed E-state index contributed by atoms with van der Waals surface area (Å²) in [6.45, 7) is 2.09. The van der Waals surface area contributed by atoms with Crippen LogP contribution in [0.25, 0.3) is 0 Å². The molecule has 7 nitrogen and oxygen atoms in total. The molecule has 0 saturated heterocycles. The highest BCUT2D eigenvalue weighted by Crippen LogP contribution is 2.12. The number of rotatable bonds is 7. The fraction of sp³-hybridized carbons (Fsp3) is 0.538. The van der Waals surface area contributed by atoms with E-state index in [0.29, 0.717) is 12.4 Å². The van der Waals surface area contributed by atoms with Crippen LogP contribution < -0.4 is 10.6 Å². The summed E-state index contributed by atoms with van der Waals surface area (Å²) < 4.78 is 9.87. The van der Waals surface area contributed by atoms with Crippen molar-refractivity contribution in [1.82, 2.24) is 10.6 Å². The molecule has 0 aliphatic heterocycles. The Hall–Kier alpha value is -1.86. The van der Waals surface area contributed by atoms with Gasteiger partial charge in [-0.25, -0.2) is 0 Å². The molecule has 1 atom stereocenters. The zero-order valence-corrected chi connectivity index (χ0v) is 11.6. The van der Waals surface area contributed by atoms with E-state index in [1.54, 1.807) is 19.1 Å². The van der Waals surface area contributed by atoms with Crippen molar-refractivity contribution >= 4 is 11.8 Å². The lowest BCUT2D eigenvalue weighted by Gasteiger charge is -2.22. The summed E-state index contributed by atoms with van der Waals surface area (Å²) in [7, 11) is 1.50. The van der Waals surface area contributed by atoms with Gasteiger partial charge >= 0.3 is 11.8 Å². The third-order valence-electron chi connectivity index (χ3n) is 2.56. The molecule has 2 amide bonds. The molecule has 0 unspecified atom stereocenters. The third kappa shape index (κ3) is 5.85. The fourth-order valence-electron chi connectivity index (χ4n) is 1.55. The van der Waals surface area contributed by atoms with E-state index in [4.69, 9.17) is 9.15 Å². The van der Waals surface area contributed by atoms with Gasteiger partial charge in [-0.2, -0.15) is 0 Å². The van der Waals surface area contributed by atoms with Gasteiger partial charge in [0.1, 0.15) is 5.76 Å². The Kier molecular flexibility index (Phi) is 6.20. The second-order valence-electron chi connectivity index (χ2n) is 4.68. The summed E-state index contributed by atoms with van der Waals surface area (Å²) in [6, 6.07) is 3.45. The highest BCUT2D eigenvalue weighted by Gasteiger charge is 2.24. The number of nitrogens with one attached hydrogen (secondary N) is 2. The molecule has 112 valence electrons. The van der Waals surface area contributed by atoms with Gasteiger partial charge in [0.25, 0.3) is 0 Å². The van der Waals surface area contributed by atoms with E-state index < -0.39 is 17.4 Å². The number of amides is 2. The molecule has 0 saturated carbocycles. The number of ether oxygens (including phenoxy) is 1. The lowest BCUT2D eigenvalue weighted by molar-refractivity contribution is -0.139. The van der Waals surface area contributed by atoms with Gasteiger partial charge in [-0.3, -0.25) is 9.59 Å². The summed E-state index contributed by atoms with van der Waals surface area (Å²) in [5, 5.41) is 14.9. The Morgan fingerprint density at radius 2 is 2.10 bits per heavy atom. The molecule has 1 rings (SSSR count). The van der Waals surface area contributed by atoms with Crippen LogP contribution in [0.15, 0.2) is 22.8 Å². The van der Waals surface area contributed by atoms with E-state index in [1.165, 1.54) is 13.4 Å². The zero-order valence-electron chi connectivity index (χ0n) is 11.6. The van der Waals surface area contributed by atoms with Gasteiger partial charge in [-0.05, 0) is 19.1 Å². The number of aliphatic hydroxyl groups is 1. The Morgan fingerprint density at radius 1 is 1.40 bits per heavy atom. The fourth-order valence-corrected chi connectivity index (χ4v) is 1.55. The van der Waals surface area contributed by atoms with Crippen molar-refractivity contribution in [2.75, 3.05) is 26.8 Å². The minimum Gasteiger partial charge on any atom is -0.469 e. The Labute approximate surface area is 117 Å². The quantitative estimate of drug-likeness (QED) is 0.461. The highest BCUT2D eigenvalue weighted by molar-refractivity contribution is 6.35. The van der Waals surface area contributed by atoms with Crippen LogP contribution in [0.4, 0.5) is 0 Å². The predicted octanol–water partition coefficient (Wildman–Crippen LogP) is -0.548. The van der Waals surface area contributed by atoms with Crippen LogP contribution in [-0.2, 0) is 20.7 Å². The van der Waals surface area contributed by atoms with Gasteiger partial charge in [0.05, 0.1) is 18.5 Å². The SMILES string of the molecule is COCCNC(=O)C(=O)NC[C@@](C)(O)Cc1ccco1. The zero-order chi connectivity index (χ0) is 15.0. The van der Waals surface area contributed by atoms with E-state index in [0.717, 1.165) is 0 Å². The molecule has 1 aromatic heterocycles. The number of hydrogen-bond donors (Lipinski definition) is 3. The molecule has 0 aliphatic carbocycles. The van der Waals surface area contributed by atoms with Crippen molar-refractivity contribution < 1.29 is 23.8 Å². The molecule has 20 heavy (non-hydrogen) atoms. The first-order chi connectivity index (χ1) is 9.44. The number of hydrogen-bond acceptors (Lipinski definition) is 5. The van der Waals surface area contributed by atoms with Gasteiger partial charge in [0.2, 0.25) is 0 Å². The number of carbonyl (C=O) groups is 2. The van der Waals surface area contributed by atoms with E-state index in [9.17, 15) is 14.7 Å². The van der Waals surface area contributed by atoms with Gasteiger partial charge in [0.15, 0.2) is 0 Å². The van der Waals surface area contributed by atoms with E-state index in [2.05, 4.69) is 10.6 Å². The number of methoxy groups -OCH3 is 1. The minimum atomic E-state index is -1.19. The average molecular weight is 284 g/mol. The van der Waals surface area contributed by atoms with Gasteiger partial charge in [-0.15, -0.1) is 0 Å². The van der Waals surface area contributed by atoms with Crippen molar-refractivity contribution in [3.05, 3.63) is 24.2 Å². The second-order valence-corrected chi connectivity index (χ2v) is 4.68. The number of carbonyl (C=O) groups excluding carboxylic acids is 2. The Bertz CT molecular complexity index is 428. The molecule has 0 aromatic carbocycles. The summed E-state index contributed by atoms with van der Waals surface area (Å²) in [5.41, 5.74) is -1.19. The lowest BCUT2D eigenvalue weighted by atomic mass is 10.0. The normalized spacial score (nSPS) is 13.6. The summed E-state index contributed by atoms with van der Waals surface area (Å²) in [4.78, 5) is 22.9. The van der Waals surface area contributed by atoms with Crippen molar-refractivity contribution in [2.45, 2.75) is 18.9 Å². The van der Waals surface area contributed by atoms with Crippen LogP contribution >= 0.6 is 0 Å². The molecule has 0 aliphatic rings. The van der Waals surface area contributed by atoms with Crippen LogP contribution in [0.5, 0.6) is 0 Å². The number of furan rings is 1. The molecule has 0 spiro atoms. The molecule has 3 N–H and O–H groups in total. The van der Waals surface area contributed by atoms with E-state index >= 15 is 0 Å². The van der Waals surface area contributed by atoms with Gasteiger partial charge in [0, 0.05) is 26.6 Å². The molecule has 0 radical (unpaired) electrons. The van der Waals surface area contributed by atoms with E-state index in [-0.39, 0.29) is 19.5 Å². The lowest BCUT2D eigenvalue weighted by Crippen LogP contribution is -2.47. The third-order valence-corrected chi connectivity index (χ3v) is 2.56. The molecular weight excluding hydrogens is 264 g/mol. The summed E-state index contributed by atoms with van der Waals surface area (Å²) in [5.74, 6) is -0.939. The van der Waals surface area contributed by atoms with Gasteiger partial charge < -0.3 is 24.9 Å². The second kappa shape index (κ2) is 7.66. The van der Waals surface area contributed by atoms with Crippen LogP contribution in [0.2, 0.25) is 0 Å². The largest absolute Gasteiger partial charge is 0.469 e. The maximum Gasteiger partial charge on any atom is 0.309 e. The van der Waals surface area contributed by atoms with Crippen molar-refractivity contribution in [1.29, 1.82) is 0 Å². The first-order valence-corrected chi connectivity index (χ1v) is 6.24. The van der Waals surface area contributed by atoms with Gasteiger partial charge in [-0.1, -0.05) is 0 Å². The molecule has 0 fully saturated rings. The molecule has 7 heteroatoms. The predicted molar refractivity (Wildman–Crippen MR) is 70.9 cm³/mol. The maximum absolute atomic E-state index is 11.5. The smallest absolute Gasteiger partial charge is 0.309 e. The maximum atomic E-state index is 11.5. The molecule has 0 bridgehead atoms. The molecular formula is C13H20N2O5. The van der Waals surface area contributed by atoms with Crippen LogP contribution in [-0.4, -0.2) is 49.3 Å². The van der Waals surface area contributed by atoms with Crippen molar-refractivity contribution in [3.63, 3.8) is 0 Å². The minimum absolute atomic E-state index is 0.0514. The topological polar surface area (TPSA) is 101 Å².